The number of carbonyl (C=O) groups excluding carboxylic acids is 1. The van der Waals surface area contributed by atoms with Crippen LogP contribution in [0.1, 0.15) is 13.3 Å². The first-order valence-corrected chi connectivity index (χ1v) is 8.06. The summed E-state index contributed by atoms with van der Waals surface area (Å²) in [5, 5.41) is 2.73. The third kappa shape index (κ3) is 3.70. The molecule has 1 aromatic carbocycles. The van der Waals surface area contributed by atoms with Crippen molar-refractivity contribution >= 4 is 21.4 Å². The fourth-order valence-electron chi connectivity index (χ4n) is 2.05. The molecule has 0 bridgehead atoms. The van der Waals surface area contributed by atoms with Crippen LogP contribution in [-0.2, 0) is 14.6 Å². The van der Waals surface area contributed by atoms with Gasteiger partial charge in [-0.15, -0.1) is 0 Å². The summed E-state index contributed by atoms with van der Waals surface area (Å²) in [6.07, 6.45) is 0.408. The van der Waals surface area contributed by atoms with Gasteiger partial charge in [0, 0.05) is 5.69 Å². The lowest BCUT2D eigenvalue weighted by Crippen LogP contribution is -2.23. The van der Waals surface area contributed by atoms with E-state index in [2.05, 4.69) is 5.32 Å². The van der Waals surface area contributed by atoms with Crippen LogP contribution in [0.25, 0.3) is 0 Å². The molecule has 0 unspecified atom stereocenters. The normalized spacial score (nSPS) is 21.0. The summed E-state index contributed by atoms with van der Waals surface area (Å²) in [5.41, 5.74) is 0.651. The maximum atomic E-state index is 11.9. The third-order valence-electron chi connectivity index (χ3n) is 3.04. The van der Waals surface area contributed by atoms with Crippen molar-refractivity contribution in [3.8, 4) is 5.75 Å². The number of hydrogen-bond donors (Lipinski definition) is 1. The lowest BCUT2D eigenvalue weighted by atomic mass is 10.1. The van der Waals surface area contributed by atoms with Crippen molar-refractivity contribution in [1.82, 2.24) is 0 Å². The van der Waals surface area contributed by atoms with Crippen LogP contribution in [0.3, 0.4) is 0 Å². The Morgan fingerprint density at radius 3 is 2.58 bits per heavy atom. The maximum Gasteiger partial charge on any atom is 0.228 e. The molecule has 0 aromatic heterocycles. The van der Waals surface area contributed by atoms with E-state index in [0.29, 0.717) is 18.7 Å². The van der Waals surface area contributed by atoms with Gasteiger partial charge in [0.25, 0.3) is 0 Å². The Morgan fingerprint density at radius 2 is 2.05 bits per heavy atom. The number of nitrogens with one attached hydrogen (secondary N) is 1. The number of sulfone groups is 1. The molecule has 1 aliphatic rings. The predicted molar refractivity (Wildman–Crippen MR) is 73.0 cm³/mol. The van der Waals surface area contributed by atoms with E-state index in [-0.39, 0.29) is 17.4 Å². The first-order valence-electron chi connectivity index (χ1n) is 6.24. The standard InChI is InChI=1S/C13H17NO4S/c1-2-18-12-5-3-11(4-6-12)14-13(15)10-7-8-19(16,17)9-10/h3-6,10H,2,7-9H2,1H3,(H,14,15)/t10-/m0/s1. The second-order valence-electron chi connectivity index (χ2n) is 4.55. The van der Waals surface area contributed by atoms with Crippen molar-refractivity contribution in [1.29, 1.82) is 0 Å². The van der Waals surface area contributed by atoms with Gasteiger partial charge in [-0.3, -0.25) is 4.79 Å². The summed E-state index contributed by atoms with van der Waals surface area (Å²) >= 11 is 0. The summed E-state index contributed by atoms with van der Waals surface area (Å²) in [6, 6.07) is 7.02. The van der Waals surface area contributed by atoms with Gasteiger partial charge in [-0.25, -0.2) is 8.42 Å². The summed E-state index contributed by atoms with van der Waals surface area (Å²) in [4.78, 5) is 11.9. The summed E-state index contributed by atoms with van der Waals surface area (Å²) < 4.78 is 27.9. The van der Waals surface area contributed by atoms with Crippen molar-refractivity contribution in [2.24, 2.45) is 5.92 Å². The molecule has 2 rings (SSSR count). The highest BCUT2D eigenvalue weighted by molar-refractivity contribution is 7.91. The van der Waals surface area contributed by atoms with Gasteiger partial charge in [0.15, 0.2) is 9.84 Å². The lowest BCUT2D eigenvalue weighted by Gasteiger charge is -2.10. The number of ether oxygens (including phenoxy) is 1. The topological polar surface area (TPSA) is 72.5 Å². The van der Waals surface area contributed by atoms with Crippen LogP contribution in [-0.4, -0.2) is 32.4 Å². The molecule has 1 heterocycles. The van der Waals surface area contributed by atoms with Gasteiger partial charge < -0.3 is 10.1 Å². The number of hydrogen-bond acceptors (Lipinski definition) is 4. The summed E-state index contributed by atoms with van der Waals surface area (Å²) in [5.74, 6) is 0.135. The lowest BCUT2D eigenvalue weighted by molar-refractivity contribution is -0.119. The molecule has 1 atom stereocenters. The zero-order valence-corrected chi connectivity index (χ0v) is 11.6. The van der Waals surface area contributed by atoms with E-state index in [1.807, 2.05) is 6.92 Å². The highest BCUT2D eigenvalue weighted by Gasteiger charge is 2.32. The molecule has 1 N–H and O–H groups in total. The smallest absolute Gasteiger partial charge is 0.228 e. The Labute approximate surface area is 112 Å². The highest BCUT2D eigenvalue weighted by Crippen LogP contribution is 2.21. The average molecular weight is 283 g/mol. The van der Waals surface area contributed by atoms with E-state index in [1.165, 1.54) is 0 Å². The molecule has 0 saturated carbocycles. The minimum Gasteiger partial charge on any atom is -0.494 e. The highest BCUT2D eigenvalue weighted by atomic mass is 32.2. The van der Waals surface area contributed by atoms with E-state index >= 15 is 0 Å². The van der Waals surface area contributed by atoms with Crippen LogP contribution in [0.2, 0.25) is 0 Å². The average Bonchev–Trinajstić information content (AvgIpc) is 2.73. The first-order chi connectivity index (χ1) is 9.00. The molecule has 5 nitrogen and oxygen atoms in total. The summed E-state index contributed by atoms with van der Waals surface area (Å²) in [7, 11) is -3.03. The molecule has 1 saturated heterocycles. The fraction of sp³-hybridized carbons (Fsp3) is 0.462. The van der Waals surface area contributed by atoms with E-state index in [4.69, 9.17) is 4.74 Å². The van der Waals surface area contributed by atoms with Crippen LogP contribution in [0.5, 0.6) is 5.75 Å². The van der Waals surface area contributed by atoms with E-state index in [0.717, 1.165) is 5.75 Å². The van der Waals surface area contributed by atoms with Gasteiger partial charge >= 0.3 is 0 Å². The molecule has 0 aliphatic carbocycles. The SMILES string of the molecule is CCOc1ccc(NC(=O)[C@H]2CCS(=O)(=O)C2)cc1. The van der Waals surface area contributed by atoms with Crippen molar-refractivity contribution in [2.75, 3.05) is 23.4 Å². The number of anilines is 1. The maximum absolute atomic E-state index is 11.9. The van der Waals surface area contributed by atoms with Crippen LogP contribution in [0.15, 0.2) is 24.3 Å². The molecule has 0 spiro atoms. The molecular formula is C13H17NO4S. The molecule has 1 aromatic rings. The second kappa shape index (κ2) is 5.61. The Balaban J connectivity index is 1.95. The Bertz CT molecular complexity index is 551. The van der Waals surface area contributed by atoms with Crippen LogP contribution in [0.4, 0.5) is 5.69 Å². The zero-order chi connectivity index (χ0) is 13.9. The molecule has 104 valence electrons. The third-order valence-corrected chi connectivity index (χ3v) is 4.80. The Hall–Kier alpha value is -1.56. The van der Waals surface area contributed by atoms with Crippen LogP contribution >= 0.6 is 0 Å². The van der Waals surface area contributed by atoms with Gasteiger partial charge in [-0.05, 0) is 37.6 Å². The number of rotatable bonds is 4. The number of carbonyl (C=O) groups is 1. The largest absolute Gasteiger partial charge is 0.494 e. The molecule has 19 heavy (non-hydrogen) atoms. The van der Waals surface area contributed by atoms with Gasteiger partial charge in [0.2, 0.25) is 5.91 Å². The van der Waals surface area contributed by atoms with Crippen molar-refractivity contribution < 1.29 is 17.9 Å². The minimum absolute atomic E-state index is 0.0458. The van der Waals surface area contributed by atoms with Crippen molar-refractivity contribution in [3.05, 3.63) is 24.3 Å². The molecule has 1 fully saturated rings. The van der Waals surface area contributed by atoms with Gasteiger partial charge in [-0.1, -0.05) is 0 Å². The van der Waals surface area contributed by atoms with Crippen LogP contribution < -0.4 is 10.1 Å². The van der Waals surface area contributed by atoms with Gasteiger partial charge in [-0.2, -0.15) is 0 Å². The Kier molecular flexibility index (Phi) is 4.09. The van der Waals surface area contributed by atoms with E-state index in [1.54, 1.807) is 24.3 Å². The Morgan fingerprint density at radius 1 is 1.37 bits per heavy atom. The van der Waals surface area contributed by atoms with E-state index < -0.39 is 15.8 Å². The van der Waals surface area contributed by atoms with Crippen LogP contribution in [0, 0.1) is 5.92 Å². The summed E-state index contributed by atoms with van der Waals surface area (Å²) in [6.45, 7) is 2.49. The molecule has 1 aliphatic heterocycles. The van der Waals surface area contributed by atoms with Crippen molar-refractivity contribution in [3.63, 3.8) is 0 Å². The molecule has 0 radical (unpaired) electrons. The second-order valence-corrected chi connectivity index (χ2v) is 6.78. The van der Waals surface area contributed by atoms with Crippen molar-refractivity contribution in [2.45, 2.75) is 13.3 Å². The molecular weight excluding hydrogens is 266 g/mol. The predicted octanol–water partition coefficient (Wildman–Crippen LogP) is 1.46. The monoisotopic (exact) mass is 283 g/mol. The molecule has 1 amide bonds. The fourth-order valence-corrected chi connectivity index (χ4v) is 3.79. The number of benzene rings is 1. The zero-order valence-electron chi connectivity index (χ0n) is 10.8. The quantitative estimate of drug-likeness (QED) is 0.908. The first kappa shape index (κ1) is 13.9. The number of amides is 1. The van der Waals surface area contributed by atoms with Gasteiger partial charge in [0.1, 0.15) is 5.75 Å². The minimum atomic E-state index is -3.03. The van der Waals surface area contributed by atoms with E-state index in [9.17, 15) is 13.2 Å². The van der Waals surface area contributed by atoms with Gasteiger partial charge in [0.05, 0.1) is 24.0 Å². The molecule has 6 heteroatoms.